The topological polar surface area (TPSA) is 139 Å². The smallest absolute Gasteiger partial charge is 0.323 e. The maximum absolute atomic E-state index is 10.9. The highest BCUT2D eigenvalue weighted by molar-refractivity contribution is 5.85. The van der Waals surface area contributed by atoms with E-state index in [4.69, 9.17) is 15.3 Å². The Balaban J connectivity index is 3.22. The second kappa shape index (κ2) is 7.84. The van der Waals surface area contributed by atoms with E-state index in [9.17, 15) is 19.5 Å². The summed E-state index contributed by atoms with van der Waals surface area (Å²) in [5.41, 5.74) is 0.442. The van der Waals surface area contributed by atoms with Gasteiger partial charge in [0.25, 0.3) is 0 Å². The number of carbonyl (C=O) groups is 3. The molecule has 9 nitrogen and oxygen atoms in total. The Labute approximate surface area is 125 Å². The minimum atomic E-state index is -1.23. The first-order chi connectivity index (χ1) is 10.3. The number of nitrogens with zero attached hydrogens (tertiary/aromatic N) is 2. The average molecular weight is 312 g/mol. The third-order valence-electron chi connectivity index (χ3n) is 2.71. The van der Waals surface area contributed by atoms with E-state index in [1.54, 1.807) is 12.1 Å². The third-order valence-corrected chi connectivity index (χ3v) is 2.71. The molecule has 22 heavy (non-hydrogen) atoms. The molecule has 0 aliphatic carbocycles. The van der Waals surface area contributed by atoms with Gasteiger partial charge in [0.1, 0.15) is 26.4 Å². The van der Waals surface area contributed by atoms with E-state index < -0.39 is 44.3 Å². The Hall–Kier alpha value is -2.81. The molecule has 9 heteroatoms. The zero-order chi connectivity index (χ0) is 16.7. The number of rotatable bonds is 9. The van der Waals surface area contributed by atoms with Crippen LogP contribution in [0.2, 0.25) is 0 Å². The Kier molecular flexibility index (Phi) is 6.14. The molecule has 0 aliphatic heterocycles. The van der Waals surface area contributed by atoms with Crippen molar-refractivity contribution in [1.82, 2.24) is 0 Å². The van der Waals surface area contributed by atoms with E-state index in [0.717, 1.165) is 9.80 Å². The quantitative estimate of drug-likeness (QED) is 0.444. The number of hydrogen-bond donors (Lipinski definition) is 4. The molecule has 1 aromatic rings. The first-order valence-corrected chi connectivity index (χ1v) is 6.20. The van der Waals surface area contributed by atoms with Crippen molar-refractivity contribution in [3.63, 3.8) is 0 Å². The zero-order valence-electron chi connectivity index (χ0n) is 11.5. The lowest BCUT2D eigenvalue weighted by molar-refractivity contribution is -0.137. The number of carboxylic acids is 3. The molecule has 0 spiro atoms. The molecule has 0 unspecified atom stereocenters. The van der Waals surface area contributed by atoms with Gasteiger partial charge < -0.3 is 30.2 Å². The minimum Gasteiger partial charge on any atom is -0.480 e. The Morgan fingerprint density at radius 3 is 1.50 bits per heavy atom. The van der Waals surface area contributed by atoms with Crippen LogP contribution in [0.25, 0.3) is 0 Å². The Bertz CT molecular complexity index is 545. The minimum absolute atomic E-state index is 0.211. The van der Waals surface area contributed by atoms with Crippen LogP contribution >= 0.6 is 0 Å². The fourth-order valence-corrected chi connectivity index (χ4v) is 1.93. The second-order valence-corrected chi connectivity index (χ2v) is 4.37. The van der Waals surface area contributed by atoms with E-state index in [-0.39, 0.29) is 11.4 Å². The van der Waals surface area contributed by atoms with Gasteiger partial charge in [-0.25, -0.2) is 0 Å². The van der Waals surface area contributed by atoms with Gasteiger partial charge >= 0.3 is 17.9 Å². The van der Waals surface area contributed by atoms with Crippen LogP contribution in [0.5, 0.6) is 0 Å². The summed E-state index contributed by atoms with van der Waals surface area (Å²) >= 11 is 0. The lowest BCUT2D eigenvalue weighted by Crippen LogP contribution is -2.37. The van der Waals surface area contributed by atoms with Crippen molar-refractivity contribution in [2.45, 2.75) is 0 Å². The fraction of sp³-hybridized carbons (Fsp3) is 0.308. The molecule has 0 heterocycles. The first kappa shape index (κ1) is 17.2. The molecule has 0 bridgehead atoms. The highest BCUT2D eigenvalue weighted by Gasteiger charge is 2.20. The number of aliphatic hydroxyl groups is 1. The van der Waals surface area contributed by atoms with Gasteiger partial charge in [-0.2, -0.15) is 0 Å². The highest BCUT2D eigenvalue weighted by atomic mass is 16.4. The molecule has 0 fully saturated rings. The van der Waals surface area contributed by atoms with Gasteiger partial charge in [0, 0.05) is 0 Å². The summed E-state index contributed by atoms with van der Waals surface area (Å²) in [5.74, 6) is -3.65. The summed E-state index contributed by atoms with van der Waals surface area (Å²) in [4.78, 5) is 34.8. The van der Waals surface area contributed by atoms with Crippen LogP contribution in [0.1, 0.15) is 0 Å². The van der Waals surface area contributed by atoms with Gasteiger partial charge in [0.05, 0.1) is 11.4 Å². The zero-order valence-corrected chi connectivity index (χ0v) is 11.5. The predicted molar refractivity (Wildman–Crippen MR) is 76.0 cm³/mol. The van der Waals surface area contributed by atoms with Crippen LogP contribution in [0.3, 0.4) is 0 Å². The second-order valence-electron chi connectivity index (χ2n) is 4.37. The Morgan fingerprint density at radius 2 is 1.14 bits per heavy atom. The van der Waals surface area contributed by atoms with Crippen molar-refractivity contribution in [3.05, 3.63) is 24.3 Å². The summed E-state index contributed by atoms with van der Waals surface area (Å²) in [6, 6.07) is 6.08. The molecular weight excluding hydrogens is 296 g/mol. The SMILES string of the molecule is O=C(O)CN(CO)c1ccccc1N(CC(=O)O)CC(=O)O. The molecule has 1 rings (SSSR count). The summed E-state index contributed by atoms with van der Waals surface area (Å²) in [5, 5.41) is 35.9. The van der Waals surface area contributed by atoms with Gasteiger partial charge in [0.15, 0.2) is 0 Å². The van der Waals surface area contributed by atoms with Crippen molar-refractivity contribution in [2.24, 2.45) is 0 Å². The molecule has 0 aliphatic rings. The maximum Gasteiger partial charge on any atom is 0.323 e. The molecule has 0 atom stereocenters. The molecule has 0 radical (unpaired) electrons. The van der Waals surface area contributed by atoms with Crippen LogP contribution < -0.4 is 9.80 Å². The van der Waals surface area contributed by atoms with E-state index in [2.05, 4.69) is 0 Å². The molecule has 0 aromatic heterocycles. The number of para-hydroxylation sites is 2. The van der Waals surface area contributed by atoms with Crippen molar-refractivity contribution in [2.75, 3.05) is 36.2 Å². The third kappa shape index (κ3) is 4.94. The van der Waals surface area contributed by atoms with Gasteiger partial charge in [-0.15, -0.1) is 0 Å². The molecule has 0 saturated heterocycles. The van der Waals surface area contributed by atoms with Crippen LogP contribution in [-0.4, -0.2) is 64.7 Å². The maximum atomic E-state index is 10.9. The highest BCUT2D eigenvalue weighted by Crippen LogP contribution is 2.28. The van der Waals surface area contributed by atoms with Gasteiger partial charge in [-0.05, 0) is 12.1 Å². The molecule has 120 valence electrons. The Morgan fingerprint density at radius 1 is 0.773 bits per heavy atom. The summed E-state index contributed by atoms with van der Waals surface area (Å²) in [6.07, 6.45) is 0. The van der Waals surface area contributed by atoms with Gasteiger partial charge in [-0.1, -0.05) is 12.1 Å². The molecule has 1 aromatic carbocycles. The number of hydrogen-bond acceptors (Lipinski definition) is 6. The molecule has 4 N–H and O–H groups in total. The lowest BCUT2D eigenvalue weighted by atomic mass is 10.2. The van der Waals surface area contributed by atoms with Crippen molar-refractivity contribution >= 4 is 29.3 Å². The summed E-state index contributed by atoms with van der Waals surface area (Å²) in [6.45, 7) is -2.27. The van der Waals surface area contributed by atoms with E-state index >= 15 is 0 Å². The summed E-state index contributed by atoms with van der Waals surface area (Å²) in [7, 11) is 0. The average Bonchev–Trinajstić information content (AvgIpc) is 2.43. The van der Waals surface area contributed by atoms with Crippen LogP contribution in [-0.2, 0) is 14.4 Å². The van der Waals surface area contributed by atoms with Crippen LogP contribution in [0, 0.1) is 0 Å². The molecule has 0 saturated carbocycles. The van der Waals surface area contributed by atoms with Crippen molar-refractivity contribution < 1.29 is 34.8 Å². The number of aliphatic carboxylic acids is 3. The molecular formula is C13H16N2O7. The lowest BCUT2D eigenvalue weighted by Gasteiger charge is -2.28. The number of benzene rings is 1. The van der Waals surface area contributed by atoms with Gasteiger partial charge in [0.2, 0.25) is 0 Å². The standard InChI is InChI=1S/C13H16N2O7/c16-8-15(7-13(21)22)10-4-2-1-3-9(10)14(5-11(17)18)6-12(19)20/h1-4,16H,5-8H2,(H,17,18)(H,19,20)(H,21,22). The summed E-state index contributed by atoms with van der Waals surface area (Å²) < 4.78 is 0. The monoisotopic (exact) mass is 312 g/mol. The fourth-order valence-electron chi connectivity index (χ4n) is 1.93. The van der Waals surface area contributed by atoms with Crippen LogP contribution in [0.15, 0.2) is 24.3 Å². The normalized spacial score (nSPS) is 10.0. The predicted octanol–water partition coefficient (Wildman–Crippen LogP) is -0.497. The molecule has 0 amide bonds. The van der Waals surface area contributed by atoms with E-state index in [1.807, 2.05) is 0 Å². The van der Waals surface area contributed by atoms with Crippen molar-refractivity contribution in [3.8, 4) is 0 Å². The van der Waals surface area contributed by atoms with E-state index in [1.165, 1.54) is 12.1 Å². The number of carboxylic acid groups (broad SMARTS) is 3. The largest absolute Gasteiger partial charge is 0.480 e. The number of aliphatic hydroxyl groups excluding tert-OH is 1. The van der Waals surface area contributed by atoms with Crippen molar-refractivity contribution in [1.29, 1.82) is 0 Å². The van der Waals surface area contributed by atoms with Crippen LogP contribution in [0.4, 0.5) is 11.4 Å². The van der Waals surface area contributed by atoms with E-state index in [0.29, 0.717) is 0 Å². The number of anilines is 2. The first-order valence-electron chi connectivity index (χ1n) is 6.20. The van der Waals surface area contributed by atoms with Gasteiger partial charge in [-0.3, -0.25) is 14.4 Å².